The maximum absolute atomic E-state index is 13.0. The van der Waals surface area contributed by atoms with E-state index in [0.29, 0.717) is 16.4 Å². The van der Waals surface area contributed by atoms with Gasteiger partial charge in [-0.1, -0.05) is 17.7 Å². The maximum atomic E-state index is 13.0. The molecule has 0 atom stereocenters. The van der Waals surface area contributed by atoms with Gasteiger partial charge in [0, 0.05) is 16.8 Å². The summed E-state index contributed by atoms with van der Waals surface area (Å²) in [6, 6.07) is 12.9. The number of carbonyl (C=O) groups is 1. The van der Waals surface area contributed by atoms with Gasteiger partial charge in [0.1, 0.15) is 11.5 Å². The molecular weight excluding hydrogens is 345 g/mol. The molecule has 1 aromatic heterocycles. The van der Waals surface area contributed by atoms with Crippen LogP contribution in [0.4, 0.5) is 10.1 Å². The Morgan fingerprint density at radius 3 is 2.52 bits per heavy atom. The van der Waals surface area contributed by atoms with E-state index in [1.54, 1.807) is 18.2 Å². The minimum absolute atomic E-state index is 0.0422. The topological polar surface area (TPSA) is 64.0 Å². The second-order valence-corrected chi connectivity index (χ2v) is 5.77. The standard InChI is InChI=1S/C18H13ClFN3O2/c1-11-2-5-13(10-15(11)19)21-18(25)16-8-9-17(24)23(22-16)14-6-3-12(20)4-7-14/h2-10H,1H3,(H,21,25). The number of halogens is 2. The lowest BCUT2D eigenvalue weighted by Gasteiger charge is -2.09. The van der Waals surface area contributed by atoms with E-state index in [2.05, 4.69) is 10.4 Å². The highest BCUT2D eigenvalue weighted by molar-refractivity contribution is 6.31. The van der Waals surface area contributed by atoms with Crippen molar-refractivity contribution in [2.24, 2.45) is 0 Å². The van der Waals surface area contributed by atoms with Crippen molar-refractivity contribution in [2.45, 2.75) is 6.92 Å². The van der Waals surface area contributed by atoms with Gasteiger partial charge < -0.3 is 5.32 Å². The number of hydrogen-bond donors (Lipinski definition) is 1. The largest absolute Gasteiger partial charge is 0.321 e. The summed E-state index contributed by atoms with van der Waals surface area (Å²) in [5.74, 6) is -0.919. The molecule has 126 valence electrons. The predicted octanol–water partition coefficient (Wildman–Crippen LogP) is 3.59. The molecule has 5 nitrogen and oxygen atoms in total. The fraction of sp³-hybridized carbons (Fsp3) is 0.0556. The van der Waals surface area contributed by atoms with Gasteiger partial charge in [-0.25, -0.2) is 4.39 Å². The number of aromatic nitrogens is 2. The molecule has 1 N–H and O–H groups in total. The zero-order valence-electron chi connectivity index (χ0n) is 13.2. The van der Waals surface area contributed by atoms with Crippen molar-refractivity contribution >= 4 is 23.2 Å². The first-order valence-electron chi connectivity index (χ1n) is 7.38. The van der Waals surface area contributed by atoms with E-state index >= 15 is 0 Å². The third-order valence-electron chi connectivity index (χ3n) is 3.53. The van der Waals surface area contributed by atoms with Gasteiger partial charge >= 0.3 is 0 Å². The summed E-state index contributed by atoms with van der Waals surface area (Å²) in [4.78, 5) is 24.3. The van der Waals surface area contributed by atoms with Gasteiger partial charge in [0.2, 0.25) is 0 Å². The predicted molar refractivity (Wildman–Crippen MR) is 93.9 cm³/mol. The fourth-order valence-electron chi connectivity index (χ4n) is 2.17. The molecule has 1 heterocycles. The molecule has 0 radical (unpaired) electrons. The molecule has 2 aromatic carbocycles. The smallest absolute Gasteiger partial charge is 0.276 e. The van der Waals surface area contributed by atoms with Gasteiger partial charge in [0.15, 0.2) is 0 Å². The summed E-state index contributed by atoms with van der Waals surface area (Å²) in [5.41, 5.74) is 1.38. The molecule has 0 spiro atoms. The van der Waals surface area contributed by atoms with Crippen molar-refractivity contribution in [2.75, 3.05) is 5.32 Å². The number of hydrogen-bond acceptors (Lipinski definition) is 3. The molecule has 0 aliphatic carbocycles. The lowest BCUT2D eigenvalue weighted by molar-refractivity contribution is 0.102. The summed E-state index contributed by atoms with van der Waals surface area (Å²) in [7, 11) is 0. The number of carbonyl (C=O) groups excluding carboxylic acids is 1. The van der Waals surface area contributed by atoms with E-state index < -0.39 is 17.3 Å². The van der Waals surface area contributed by atoms with Crippen molar-refractivity contribution in [1.82, 2.24) is 9.78 Å². The summed E-state index contributed by atoms with van der Waals surface area (Å²) >= 11 is 6.04. The summed E-state index contributed by atoms with van der Waals surface area (Å²) in [5, 5.41) is 7.25. The van der Waals surface area contributed by atoms with Crippen LogP contribution in [0.5, 0.6) is 0 Å². The second-order valence-electron chi connectivity index (χ2n) is 5.36. The Kier molecular flexibility index (Phi) is 4.63. The van der Waals surface area contributed by atoms with Gasteiger partial charge in [0.25, 0.3) is 11.5 Å². The summed E-state index contributed by atoms with van der Waals surface area (Å²) < 4.78 is 14.1. The zero-order chi connectivity index (χ0) is 18.0. The Bertz CT molecular complexity index is 1000. The average Bonchev–Trinajstić information content (AvgIpc) is 2.59. The van der Waals surface area contributed by atoms with Crippen LogP contribution in [-0.4, -0.2) is 15.7 Å². The van der Waals surface area contributed by atoms with Crippen molar-refractivity contribution in [3.05, 3.63) is 87.0 Å². The molecule has 25 heavy (non-hydrogen) atoms. The van der Waals surface area contributed by atoms with E-state index in [-0.39, 0.29) is 5.69 Å². The van der Waals surface area contributed by atoms with Crippen molar-refractivity contribution in [3.8, 4) is 5.69 Å². The molecule has 0 unspecified atom stereocenters. The minimum atomic E-state index is -0.490. The Morgan fingerprint density at radius 1 is 1.12 bits per heavy atom. The minimum Gasteiger partial charge on any atom is -0.321 e. The van der Waals surface area contributed by atoms with E-state index in [1.807, 2.05) is 6.92 Å². The SMILES string of the molecule is Cc1ccc(NC(=O)c2ccc(=O)n(-c3ccc(F)cc3)n2)cc1Cl. The van der Waals surface area contributed by atoms with Crippen LogP contribution in [0.3, 0.4) is 0 Å². The lowest BCUT2D eigenvalue weighted by atomic mass is 10.2. The Morgan fingerprint density at radius 2 is 1.84 bits per heavy atom. The van der Waals surface area contributed by atoms with Crippen LogP contribution in [0.25, 0.3) is 5.69 Å². The van der Waals surface area contributed by atoms with Crippen LogP contribution in [0.2, 0.25) is 5.02 Å². The van der Waals surface area contributed by atoms with Gasteiger partial charge in [-0.3, -0.25) is 9.59 Å². The van der Waals surface area contributed by atoms with Gasteiger partial charge in [0.05, 0.1) is 5.69 Å². The fourth-order valence-corrected chi connectivity index (χ4v) is 2.35. The molecule has 0 saturated carbocycles. The van der Waals surface area contributed by atoms with Crippen LogP contribution < -0.4 is 10.9 Å². The summed E-state index contributed by atoms with van der Waals surface area (Å²) in [6.45, 7) is 1.86. The maximum Gasteiger partial charge on any atom is 0.276 e. The van der Waals surface area contributed by atoms with E-state index in [0.717, 1.165) is 10.2 Å². The van der Waals surface area contributed by atoms with Crippen LogP contribution in [0.1, 0.15) is 16.1 Å². The molecular formula is C18H13ClFN3O2. The number of rotatable bonds is 3. The van der Waals surface area contributed by atoms with E-state index in [1.165, 1.54) is 36.4 Å². The number of aryl methyl sites for hydroxylation is 1. The van der Waals surface area contributed by atoms with Gasteiger partial charge in [-0.2, -0.15) is 9.78 Å². The zero-order valence-corrected chi connectivity index (χ0v) is 13.9. The van der Waals surface area contributed by atoms with Gasteiger partial charge in [-0.15, -0.1) is 0 Å². The monoisotopic (exact) mass is 357 g/mol. The van der Waals surface area contributed by atoms with Crippen LogP contribution in [-0.2, 0) is 0 Å². The van der Waals surface area contributed by atoms with E-state index in [4.69, 9.17) is 11.6 Å². The molecule has 1 amide bonds. The number of benzene rings is 2. The van der Waals surface area contributed by atoms with Crippen LogP contribution >= 0.6 is 11.6 Å². The Hall–Kier alpha value is -2.99. The molecule has 0 aliphatic heterocycles. The third-order valence-corrected chi connectivity index (χ3v) is 3.94. The van der Waals surface area contributed by atoms with Crippen molar-refractivity contribution in [3.63, 3.8) is 0 Å². The average molecular weight is 358 g/mol. The second kappa shape index (κ2) is 6.86. The molecule has 3 rings (SSSR count). The Labute approximate surface area is 147 Å². The molecule has 0 aliphatic rings. The highest BCUT2D eigenvalue weighted by Crippen LogP contribution is 2.20. The first-order valence-corrected chi connectivity index (χ1v) is 7.76. The summed E-state index contributed by atoms with van der Waals surface area (Å²) in [6.07, 6.45) is 0. The Balaban J connectivity index is 1.90. The number of nitrogens with one attached hydrogen (secondary N) is 1. The number of anilines is 1. The van der Waals surface area contributed by atoms with Crippen molar-refractivity contribution in [1.29, 1.82) is 0 Å². The molecule has 0 fully saturated rings. The number of amides is 1. The lowest BCUT2D eigenvalue weighted by Crippen LogP contribution is -2.24. The van der Waals surface area contributed by atoms with Crippen LogP contribution in [0, 0.1) is 12.7 Å². The number of nitrogens with zero attached hydrogens (tertiary/aromatic N) is 2. The van der Waals surface area contributed by atoms with Gasteiger partial charge in [-0.05, 0) is 55.0 Å². The van der Waals surface area contributed by atoms with Crippen LogP contribution in [0.15, 0.2) is 59.4 Å². The molecule has 3 aromatic rings. The van der Waals surface area contributed by atoms with Crippen molar-refractivity contribution < 1.29 is 9.18 Å². The van der Waals surface area contributed by atoms with E-state index in [9.17, 15) is 14.0 Å². The molecule has 0 saturated heterocycles. The highest BCUT2D eigenvalue weighted by Gasteiger charge is 2.11. The quantitative estimate of drug-likeness (QED) is 0.779. The third kappa shape index (κ3) is 3.75. The molecule has 7 heteroatoms. The highest BCUT2D eigenvalue weighted by atomic mass is 35.5. The first-order chi connectivity index (χ1) is 11.9. The molecule has 0 bridgehead atoms. The first kappa shape index (κ1) is 16.9. The normalized spacial score (nSPS) is 10.5.